The molecule has 1 amide bonds. The average molecular weight is 402 g/mol. The molecular weight excluding hydrogens is 380 g/mol. The van der Waals surface area contributed by atoms with Crippen molar-refractivity contribution in [2.75, 3.05) is 51.4 Å². The molecule has 8 nitrogen and oxygen atoms in total. The standard InChI is InChI=1S/C19H22N4O4S/c1-25-14-3-4-17-15(13-14)21-19(28-17)23(18(24)16-5-6-20-27-16)8-2-7-22-9-11-26-12-10-22/h3-6,13H,2,7-12H2,1H3. The van der Waals surface area contributed by atoms with E-state index in [-0.39, 0.29) is 11.7 Å². The zero-order chi connectivity index (χ0) is 19.3. The first-order valence-electron chi connectivity index (χ1n) is 9.22. The first-order chi connectivity index (χ1) is 13.7. The number of amides is 1. The molecule has 9 heteroatoms. The summed E-state index contributed by atoms with van der Waals surface area (Å²) in [5.74, 6) is 0.721. The lowest BCUT2D eigenvalue weighted by Gasteiger charge is -2.27. The first kappa shape index (κ1) is 18.9. The summed E-state index contributed by atoms with van der Waals surface area (Å²) in [6.07, 6.45) is 2.31. The Morgan fingerprint density at radius 3 is 2.93 bits per heavy atom. The molecule has 0 aliphatic carbocycles. The van der Waals surface area contributed by atoms with Gasteiger partial charge in [-0.2, -0.15) is 0 Å². The van der Waals surface area contributed by atoms with Gasteiger partial charge >= 0.3 is 0 Å². The van der Waals surface area contributed by atoms with E-state index in [0.29, 0.717) is 11.7 Å². The fraction of sp³-hybridized carbons (Fsp3) is 0.421. The highest BCUT2D eigenvalue weighted by atomic mass is 32.1. The summed E-state index contributed by atoms with van der Waals surface area (Å²) in [6, 6.07) is 7.30. The van der Waals surface area contributed by atoms with E-state index in [4.69, 9.17) is 14.0 Å². The molecule has 28 heavy (non-hydrogen) atoms. The maximum Gasteiger partial charge on any atom is 0.298 e. The number of rotatable bonds is 7. The summed E-state index contributed by atoms with van der Waals surface area (Å²) >= 11 is 1.48. The number of ether oxygens (including phenoxy) is 2. The molecule has 0 unspecified atom stereocenters. The molecular formula is C19H22N4O4S. The van der Waals surface area contributed by atoms with E-state index in [1.165, 1.54) is 17.5 Å². The summed E-state index contributed by atoms with van der Waals surface area (Å²) in [4.78, 5) is 21.7. The van der Waals surface area contributed by atoms with Gasteiger partial charge in [0, 0.05) is 38.3 Å². The molecule has 1 aliphatic heterocycles. The van der Waals surface area contributed by atoms with Gasteiger partial charge in [-0.25, -0.2) is 4.98 Å². The third-order valence-electron chi connectivity index (χ3n) is 4.67. The quantitative estimate of drug-likeness (QED) is 0.601. The number of carbonyl (C=O) groups is 1. The molecule has 0 N–H and O–H groups in total. The number of fused-ring (bicyclic) bond motifs is 1. The van der Waals surface area contributed by atoms with Gasteiger partial charge in [-0.15, -0.1) is 0 Å². The van der Waals surface area contributed by atoms with E-state index < -0.39 is 0 Å². The monoisotopic (exact) mass is 402 g/mol. The summed E-state index contributed by atoms with van der Waals surface area (Å²) in [6.45, 7) is 4.84. The third-order valence-corrected chi connectivity index (χ3v) is 5.73. The van der Waals surface area contributed by atoms with Crippen LogP contribution in [0.5, 0.6) is 5.75 Å². The van der Waals surface area contributed by atoms with Gasteiger partial charge in [-0.05, 0) is 18.6 Å². The minimum atomic E-state index is -0.231. The maximum absolute atomic E-state index is 13.0. The van der Waals surface area contributed by atoms with Crippen LogP contribution in [0.15, 0.2) is 35.0 Å². The van der Waals surface area contributed by atoms with Gasteiger partial charge in [0.05, 0.1) is 36.7 Å². The van der Waals surface area contributed by atoms with Gasteiger partial charge in [-0.3, -0.25) is 14.6 Å². The van der Waals surface area contributed by atoms with E-state index in [1.807, 2.05) is 18.2 Å². The molecule has 2 aromatic heterocycles. The Bertz CT molecular complexity index is 921. The van der Waals surface area contributed by atoms with Gasteiger partial charge in [0.1, 0.15) is 5.75 Å². The van der Waals surface area contributed by atoms with Crippen LogP contribution in [0, 0.1) is 0 Å². The topological polar surface area (TPSA) is 80.9 Å². The Labute approximate surface area is 166 Å². The van der Waals surface area contributed by atoms with Crippen molar-refractivity contribution < 1.29 is 18.8 Å². The van der Waals surface area contributed by atoms with Crippen LogP contribution in [0.1, 0.15) is 17.0 Å². The predicted octanol–water partition coefficient (Wildman–Crippen LogP) is 2.66. The SMILES string of the molecule is COc1ccc2sc(N(CCCN3CCOCC3)C(=O)c3ccno3)nc2c1. The molecule has 0 radical (unpaired) electrons. The number of methoxy groups -OCH3 is 1. The second-order valence-electron chi connectivity index (χ2n) is 6.47. The number of anilines is 1. The lowest BCUT2D eigenvalue weighted by molar-refractivity contribution is 0.0376. The number of thiazole rings is 1. The highest BCUT2D eigenvalue weighted by molar-refractivity contribution is 7.22. The van der Waals surface area contributed by atoms with E-state index in [1.54, 1.807) is 18.1 Å². The molecule has 1 aliphatic rings. The molecule has 3 aromatic rings. The molecule has 0 atom stereocenters. The van der Waals surface area contributed by atoms with Crippen LogP contribution in [-0.4, -0.2) is 67.5 Å². The summed E-state index contributed by atoms with van der Waals surface area (Å²) in [7, 11) is 1.62. The molecule has 0 spiro atoms. The lowest BCUT2D eigenvalue weighted by atomic mass is 10.3. The number of morpholine rings is 1. The molecule has 0 saturated carbocycles. The van der Waals surface area contributed by atoms with E-state index >= 15 is 0 Å². The number of carbonyl (C=O) groups excluding carboxylic acids is 1. The molecule has 1 aromatic carbocycles. The van der Waals surface area contributed by atoms with E-state index in [2.05, 4.69) is 15.0 Å². The summed E-state index contributed by atoms with van der Waals surface area (Å²) in [5.41, 5.74) is 0.808. The molecule has 0 bridgehead atoms. The summed E-state index contributed by atoms with van der Waals surface area (Å²) in [5, 5.41) is 4.31. The van der Waals surface area contributed by atoms with Crippen molar-refractivity contribution in [2.45, 2.75) is 6.42 Å². The highest BCUT2D eigenvalue weighted by Gasteiger charge is 2.24. The van der Waals surface area contributed by atoms with Crippen molar-refractivity contribution in [3.8, 4) is 5.75 Å². The van der Waals surface area contributed by atoms with Crippen LogP contribution >= 0.6 is 11.3 Å². The lowest BCUT2D eigenvalue weighted by Crippen LogP contribution is -2.39. The predicted molar refractivity (Wildman–Crippen MR) is 106 cm³/mol. The van der Waals surface area contributed by atoms with Crippen molar-refractivity contribution in [3.63, 3.8) is 0 Å². The molecule has 1 saturated heterocycles. The van der Waals surface area contributed by atoms with Crippen molar-refractivity contribution in [3.05, 3.63) is 36.2 Å². The van der Waals surface area contributed by atoms with Crippen molar-refractivity contribution in [1.29, 1.82) is 0 Å². The number of hydrogen-bond donors (Lipinski definition) is 0. The maximum atomic E-state index is 13.0. The van der Waals surface area contributed by atoms with Crippen molar-refractivity contribution in [2.24, 2.45) is 0 Å². The van der Waals surface area contributed by atoms with Crippen LogP contribution in [-0.2, 0) is 4.74 Å². The van der Waals surface area contributed by atoms with Crippen LogP contribution in [0.4, 0.5) is 5.13 Å². The highest BCUT2D eigenvalue weighted by Crippen LogP contribution is 2.32. The normalized spacial score (nSPS) is 15.0. The van der Waals surface area contributed by atoms with Crippen molar-refractivity contribution in [1.82, 2.24) is 15.0 Å². The van der Waals surface area contributed by atoms with E-state index in [9.17, 15) is 4.79 Å². The fourth-order valence-corrected chi connectivity index (χ4v) is 4.13. The van der Waals surface area contributed by atoms with Gasteiger partial charge in [-0.1, -0.05) is 16.5 Å². The van der Waals surface area contributed by atoms with Gasteiger partial charge in [0.25, 0.3) is 5.91 Å². The number of nitrogens with zero attached hydrogens (tertiary/aromatic N) is 4. The second kappa shape index (κ2) is 8.68. The minimum Gasteiger partial charge on any atom is -0.497 e. The Kier molecular flexibility index (Phi) is 5.84. The largest absolute Gasteiger partial charge is 0.497 e. The van der Waals surface area contributed by atoms with Crippen molar-refractivity contribution >= 4 is 32.6 Å². The zero-order valence-electron chi connectivity index (χ0n) is 15.7. The zero-order valence-corrected chi connectivity index (χ0v) is 16.5. The van der Waals surface area contributed by atoms with E-state index in [0.717, 1.165) is 55.2 Å². The molecule has 1 fully saturated rings. The van der Waals surface area contributed by atoms with Gasteiger partial charge in [0.2, 0.25) is 5.76 Å². The Morgan fingerprint density at radius 2 is 2.18 bits per heavy atom. The van der Waals surface area contributed by atoms with Crippen LogP contribution in [0.2, 0.25) is 0 Å². The van der Waals surface area contributed by atoms with Crippen LogP contribution in [0.3, 0.4) is 0 Å². The number of aromatic nitrogens is 2. The number of hydrogen-bond acceptors (Lipinski definition) is 8. The number of benzene rings is 1. The fourth-order valence-electron chi connectivity index (χ4n) is 3.16. The average Bonchev–Trinajstić information content (AvgIpc) is 3.40. The summed E-state index contributed by atoms with van der Waals surface area (Å²) < 4.78 is 16.8. The Morgan fingerprint density at radius 1 is 1.32 bits per heavy atom. The smallest absolute Gasteiger partial charge is 0.298 e. The first-order valence-corrected chi connectivity index (χ1v) is 10.0. The Balaban J connectivity index is 1.54. The minimum absolute atomic E-state index is 0.211. The molecule has 4 rings (SSSR count). The second-order valence-corrected chi connectivity index (χ2v) is 7.48. The van der Waals surface area contributed by atoms with Gasteiger partial charge in [0.15, 0.2) is 5.13 Å². The molecule has 3 heterocycles. The van der Waals surface area contributed by atoms with Crippen LogP contribution in [0.25, 0.3) is 10.2 Å². The van der Waals surface area contributed by atoms with Gasteiger partial charge < -0.3 is 14.0 Å². The molecule has 148 valence electrons. The van der Waals surface area contributed by atoms with Crippen LogP contribution < -0.4 is 9.64 Å². The Hall–Kier alpha value is -2.49. The third kappa shape index (κ3) is 4.16.